The summed E-state index contributed by atoms with van der Waals surface area (Å²) in [5.41, 5.74) is 3.03. The van der Waals surface area contributed by atoms with E-state index < -0.39 is 24.8 Å². The van der Waals surface area contributed by atoms with Crippen molar-refractivity contribution in [2.75, 3.05) is 21.3 Å². The third kappa shape index (κ3) is 5.67. The highest BCUT2D eigenvalue weighted by atomic mass is 16.9. The van der Waals surface area contributed by atoms with Crippen molar-refractivity contribution in [1.29, 1.82) is 0 Å². The van der Waals surface area contributed by atoms with Gasteiger partial charge in [0.25, 0.3) is 6.48 Å². The topological polar surface area (TPSA) is 83.1 Å². The first-order valence-corrected chi connectivity index (χ1v) is 13.3. The zero-order chi connectivity index (χ0) is 27.5. The van der Waals surface area contributed by atoms with Crippen LogP contribution in [0.4, 0.5) is 0 Å². The Kier molecular flexibility index (Phi) is 8.20. The van der Waals surface area contributed by atoms with Gasteiger partial charge in [-0.1, -0.05) is 36.4 Å². The molecule has 1 saturated carbocycles. The lowest BCUT2D eigenvalue weighted by Crippen LogP contribution is -2.76. The fourth-order valence-corrected chi connectivity index (χ4v) is 5.38. The van der Waals surface area contributed by atoms with Crippen molar-refractivity contribution in [3.8, 4) is 17.2 Å². The van der Waals surface area contributed by atoms with Crippen LogP contribution in [0.15, 0.2) is 72.8 Å². The molecule has 7 rings (SSSR count). The van der Waals surface area contributed by atoms with Gasteiger partial charge in [0, 0.05) is 0 Å². The van der Waals surface area contributed by atoms with E-state index in [1.54, 1.807) is 21.3 Å². The molecule has 9 heteroatoms. The molecule has 3 aromatic carbocycles. The minimum absolute atomic E-state index is 0.375. The van der Waals surface area contributed by atoms with E-state index in [1.165, 1.54) is 0 Å². The lowest BCUT2D eigenvalue weighted by atomic mass is 9.82. The van der Waals surface area contributed by atoms with E-state index in [0.717, 1.165) is 33.9 Å². The Bertz CT molecular complexity index is 1060. The lowest BCUT2D eigenvalue weighted by Gasteiger charge is -2.58. The van der Waals surface area contributed by atoms with Crippen LogP contribution >= 0.6 is 0 Å². The second-order valence-electron chi connectivity index (χ2n) is 9.96. The molecule has 0 N–H and O–H groups in total. The molecule has 3 aromatic rings. The molecular formula is C31H34O9. The van der Waals surface area contributed by atoms with Crippen LogP contribution in [-0.4, -0.2) is 64.4 Å². The fourth-order valence-electron chi connectivity index (χ4n) is 5.38. The second kappa shape index (κ2) is 12.1. The molecule has 3 heterocycles. The first kappa shape index (κ1) is 27.0. The summed E-state index contributed by atoms with van der Waals surface area (Å²) in [5.74, 6) is 2.38. The Hall–Kier alpha value is -3.18. The molecule has 212 valence electrons. The summed E-state index contributed by atoms with van der Waals surface area (Å²) in [6, 6.07) is 23.4. The van der Waals surface area contributed by atoms with Gasteiger partial charge in [-0.25, -0.2) is 0 Å². The van der Waals surface area contributed by atoms with Crippen LogP contribution < -0.4 is 14.2 Å². The molecule has 4 fully saturated rings. The van der Waals surface area contributed by atoms with E-state index in [9.17, 15) is 0 Å². The van der Waals surface area contributed by atoms with Crippen LogP contribution in [0.5, 0.6) is 17.2 Å². The maximum Gasteiger partial charge on any atom is 0.272 e. The van der Waals surface area contributed by atoms with Crippen molar-refractivity contribution < 1.29 is 42.6 Å². The molecule has 0 amide bonds. The van der Waals surface area contributed by atoms with Crippen LogP contribution in [0, 0.1) is 0 Å². The summed E-state index contributed by atoms with van der Waals surface area (Å²) in [7, 11) is 4.94. The number of hydrogen-bond acceptors (Lipinski definition) is 9. The number of methoxy groups -OCH3 is 3. The predicted molar refractivity (Wildman–Crippen MR) is 143 cm³/mol. The summed E-state index contributed by atoms with van der Waals surface area (Å²) in [4.78, 5) is 0. The van der Waals surface area contributed by atoms with E-state index in [2.05, 4.69) is 0 Å². The smallest absolute Gasteiger partial charge is 0.272 e. The summed E-state index contributed by atoms with van der Waals surface area (Å²) >= 11 is 0. The van der Waals surface area contributed by atoms with Crippen molar-refractivity contribution in [3.63, 3.8) is 0 Å². The van der Waals surface area contributed by atoms with Gasteiger partial charge in [0.05, 0.1) is 41.2 Å². The minimum atomic E-state index is -0.775. The van der Waals surface area contributed by atoms with Crippen molar-refractivity contribution in [3.05, 3.63) is 89.5 Å². The summed E-state index contributed by atoms with van der Waals surface area (Å²) < 4.78 is 53.6. The Morgan fingerprint density at radius 3 is 0.975 bits per heavy atom. The lowest BCUT2D eigenvalue weighted by molar-refractivity contribution is -0.490. The third-order valence-electron chi connectivity index (χ3n) is 7.55. The highest BCUT2D eigenvalue weighted by molar-refractivity contribution is 5.28. The molecule has 1 aliphatic carbocycles. The summed E-state index contributed by atoms with van der Waals surface area (Å²) in [6.45, 7) is 0.352. The van der Waals surface area contributed by atoms with E-state index in [0.29, 0.717) is 19.8 Å². The van der Waals surface area contributed by atoms with E-state index in [-0.39, 0.29) is 18.3 Å². The maximum atomic E-state index is 6.46. The maximum absolute atomic E-state index is 6.46. The molecule has 0 radical (unpaired) electrons. The molecule has 9 nitrogen and oxygen atoms in total. The highest BCUT2D eigenvalue weighted by Gasteiger charge is 2.63. The summed E-state index contributed by atoms with van der Waals surface area (Å²) in [6.07, 6.45) is -2.37. The summed E-state index contributed by atoms with van der Waals surface area (Å²) in [5, 5.41) is 0. The van der Waals surface area contributed by atoms with Gasteiger partial charge < -0.3 is 42.6 Å². The molecule has 40 heavy (non-hydrogen) atoms. The largest absolute Gasteiger partial charge is 0.497 e. The van der Waals surface area contributed by atoms with Crippen LogP contribution in [0.2, 0.25) is 0 Å². The zero-order valence-corrected chi connectivity index (χ0v) is 22.8. The number of ether oxygens (including phenoxy) is 9. The molecular weight excluding hydrogens is 516 g/mol. The SMILES string of the molecule is COc1ccc(COC2C3OC4OC2C(OCc2ccc(OC)cc2)C(O4)C3OCc2ccc(OC)cc2)cc1. The van der Waals surface area contributed by atoms with Crippen LogP contribution in [0.1, 0.15) is 16.7 Å². The zero-order valence-electron chi connectivity index (χ0n) is 22.8. The molecule has 4 aliphatic rings. The van der Waals surface area contributed by atoms with Crippen molar-refractivity contribution in [1.82, 2.24) is 0 Å². The molecule has 0 atom stereocenters. The van der Waals surface area contributed by atoms with Gasteiger partial charge in [0.2, 0.25) is 0 Å². The normalized spacial score (nSPS) is 28.4. The van der Waals surface area contributed by atoms with Gasteiger partial charge >= 0.3 is 0 Å². The first-order chi connectivity index (χ1) is 19.6. The van der Waals surface area contributed by atoms with Crippen molar-refractivity contribution in [2.24, 2.45) is 0 Å². The van der Waals surface area contributed by atoms with E-state index >= 15 is 0 Å². The van der Waals surface area contributed by atoms with Gasteiger partial charge in [-0.2, -0.15) is 0 Å². The van der Waals surface area contributed by atoms with Gasteiger partial charge in [0.15, 0.2) is 0 Å². The highest BCUT2D eigenvalue weighted by Crippen LogP contribution is 2.44. The Morgan fingerprint density at radius 2 is 0.725 bits per heavy atom. The van der Waals surface area contributed by atoms with Gasteiger partial charge in [-0.3, -0.25) is 0 Å². The third-order valence-corrected chi connectivity index (χ3v) is 7.55. The predicted octanol–water partition coefficient (Wildman–Crippen LogP) is 4.25. The Morgan fingerprint density at radius 1 is 0.450 bits per heavy atom. The van der Waals surface area contributed by atoms with Gasteiger partial charge in [-0.05, 0) is 53.1 Å². The van der Waals surface area contributed by atoms with Gasteiger partial charge in [-0.15, -0.1) is 0 Å². The standard InChI is InChI=1S/C31H34O9/c1-32-22-10-4-19(5-11-22)16-35-25-28-26(36-17-20-6-12-23(33-2)13-7-20)30-27(29(25)39-31(38-28)40-30)37-18-21-8-14-24(34-3)15-9-21/h4-15,25-31H,16-18H2,1-3H3. The van der Waals surface area contributed by atoms with Crippen molar-refractivity contribution in [2.45, 2.75) is 62.9 Å². The second-order valence-corrected chi connectivity index (χ2v) is 9.96. The fraction of sp³-hybridized carbons (Fsp3) is 0.419. The Balaban J connectivity index is 1.20. The van der Waals surface area contributed by atoms with E-state index in [4.69, 9.17) is 42.6 Å². The van der Waals surface area contributed by atoms with Crippen LogP contribution in [-0.2, 0) is 48.2 Å². The first-order valence-electron chi connectivity index (χ1n) is 13.3. The minimum Gasteiger partial charge on any atom is -0.497 e. The monoisotopic (exact) mass is 550 g/mol. The average Bonchev–Trinajstić information content (AvgIpc) is 3.01. The molecule has 0 unspecified atom stereocenters. The average molecular weight is 551 g/mol. The number of benzene rings is 3. The molecule has 4 bridgehead atoms. The molecule has 3 aliphatic heterocycles. The quantitative estimate of drug-likeness (QED) is 0.329. The Labute approximate surface area is 233 Å². The number of hydrogen-bond donors (Lipinski definition) is 0. The molecule has 0 spiro atoms. The molecule has 0 aromatic heterocycles. The van der Waals surface area contributed by atoms with Crippen molar-refractivity contribution >= 4 is 0 Å². The van der Waals surface area contributed by atoms with Crippen LogP contribution in [0.3, 0.4) is 0 Å². The van der Waals surface area contributed by atoms with E-state index in [1.807, 2.05) is 72.8 Å². The van der Waals surface area contributed by atoms with Crippen LogP contribution in [0.25, 0.3) is 0 Å². The molecule has 3 saturated heterocycles. The number of rotatable bonds is 12. The van der Waals surface area contributed by atoms with Gasteiger partial charge in [0.1, 0.15) is 53.9 Å².